The smallest absolute Gasteiger partial charge is 0.223 e. The number of aromatic nitrogens is 2. The van der Waals surface area contributed by atoms with Gasteiger partial charge in [0, 0.05) is 54.9 Å². The van der Waals surface area contributed by atoms with E-state index in [-0.39, 0.29) is 17.0 Å². The fourth-order valence-corrected chi connectivity index (χ4v) is 5.64. The van der Waals surface area contributed by atoms with E-state index >= 15 is 0 Å². The van der Waals surface area contributed by atoms with Gasteiger partial charge in [0.25, 0.3) is 0 Å². The zero-order valence-corrected chi connectivity index (χ0v) is 20.9. The fraction of sp³-hybridized carbons (Fsp3) is 0.583. The summed E-state index contributed by atoms with van der Waals surface area (Å²) in [6, 6.07) is 6.41. The highest BCUT2D eigenvalue weighted by molar-refractivity contribution is 7.15. The number of thiophene rings is 1. The molecular weight excluding hydrogens is 420 g/mol. The molecule has 174 valence electrons. The molecule has 2 aromatic rings. The van der Waals surface area contributed by atoms with Gasteiger partial charge < -0.3 is 20.5 Å². The molecule has 0 spiro atoms. The highest BCUT2D eigenvalue weighted by Gasteiger charge is 2.37. The summed E-state index contributed by atoms with van der Waals surface area (Å²) in [5, 5.41) is 7.27. The van der Waals surface area contributed by atoms with E-state index in [2.05, 4.69) is 60.4 Å². The Labute approximate surface area is 195 Å². The number of nitrogens with one attached hydrogen (secondary N) is 2. The van der Waals surface area contributed by atoms with Crippen molar-refractivity contribution < 1.29 is 4.79 Å². The number of carbonyl (C=O) groups is 1. The van der Waals surface area contributed by atoms with Crippen LogP contribution in [0, 0.1) is 0 Å². The van der Waals surface area contributed by atoms with Gasteiger partial charge in [-0.3, -0.25) is 4.79 Å². The van der Waals surface area contributed by atoms with Crippen LogP contribution in [-0.2, 0) is 11.3 Å². The molecule has 0 bridgehead atoms. The molecule has 1 amide bonds. The van der Waals surface area contributed by atoms with Crippen LogP contribution in [0.1, 0.15) is 58.8 Å². The van der Waals surface area contributed by atoms with Gasteiger partial charge in [-0.05, 0) is 65.2 Å². The molecule has 7 nitrogen and oxygen atoms in total. The predicted octanol–water partition coefficient (Wildman–Crippen LogP) is 4.37. The third kappa shape index (κ3) is 6.84. The minimum Gasteiger partial charge on any atom is -0.351 e. The van der Waals surface area contributed by atoms with Gasteiger partial charge in [-0.25, -0.2) is 9.97 Å². The largest absolute Gasteiger partial charge is 0.351 e. The highest BCUT2D eigenvalue weighted by atomic mass is 32.1. The molecule has 8 heteroatoms. The van der Waals surface area contributed by atoms with E-state index < -0.39 is 0 Å². The molecule has 1 aliphatic heterocycles. The fourth-order valence-electron chi connectivity index (χ4n) is 4.65. The number of amides is 1. The lowest BCUT2D eigenvalue weighted by atomic mass is 9.80. The summed E-state index contributed by atoms with van der Waals surface area (Å²) in [6.45, 7) is 11.9. The number of carbonyl (C=O) groups excluding carboxylic acids is 1. The van der Waals surface area contributed by atoms with Crippen molar-refractivity contribution in [1.29, 1.82) is 0 Å². The number of piperidine rings is 1. The van der Waals surface area contributed by atoms with E-state index in [0.717, 1.165) is 34.7 Å². The Hall–Kier alpha value is -2.32. The minimum absolute atomic E-state index is 0.0608. The molecule has 0 aromatic carbocycles. The number of rotatable bonds is 8. The van der Waals surface area contributed by atoms with Gasteiger partial charge in [-0.2, -0.15) is 0 Å². The second-order valence-corrected chi connectivity index (χ2v) is 11.0. The van der Waals surface area contributed by atoms with E-state index in [1.807, 2.05) is 23.4 Å². The zero-order chi connectivity index (χ0) is 23.4. The van der Waals surface area contributed by atoms with Crippen LogP contribution in [-0.4, -0.2) is 57.7 Å². The van der Waals surface area contributed by atoms with Crippen LogP contribution in [0.25, 0.3) is 10.6 Å². The van der Waals surface area contributed by atoms with Crippen LogP contribution < -0.4 is 10.6 Å². The molecule has 3 heterocycles. The molecular formula is C24H36N6OS. The van der Waals surface area contributed by atoms with Gasteiger partial charge in [0.05, 0.1) is 17.1 Å². The Morgan fingerprint density at radius 2 is 2.00 bits per heavy atom. The Balaban J connectivity index is 1.69. The second-order valence-electron chi connectivity index (χ2n) is 9.84. The summed E-state index contributed by atoms with van der Waals surface area (Å²) < 4.78 is 0. The molecule has 0 aliphatic carbocycles. The molecule has 3 rings (SSSR count). The van der Waals surface area contributed by atoms with Gasteiger partial charge in [0.2, 0.25) is 11.9 Å². The predicted molar refractivity (Wildman–Crippen MR) is 133 cm³/mol. The summed E-state index contributed by atoms with van der Waals surface area (Å²) in [6.07, 6.45) is 6.44. The lowest BCUT2D eigenvalue weighted by molar-refractivity contribution is -0.129. The maximum absolute atomic E-state index is 12.0. The van der Waals surface area contributed by atoms with Gasteiger partial charge in [0.15, 0.2) is 0 Å². The van der Waals surface area contributed by atoms with Crippen LogP contribution in [0.5, 0.6) is 0 Å². The normalized spacial score (nSPS) is 18.1. The second kappa shape index (κ2) is 10.1. The molecule has 32 heavy (non-hydrogen) atoms. The van der Waals surface area contributed by atoms with Crippen molar-refractivity contribution >= 4 is 29.4 Å². The van der Waals surface area contributed by atoms with Crippen molar-refractivity contribution in [3.63, 3.8) is 0 Å². The minimum atomic E-state index is 0.0608. The number of hydrogen-bond donors (Lipinski definition) is 2. The Morgan fingerprint density at radius 1 is 1.28 bits per heavy atom. The molecule has 2 N–H and O–H groups in total. The Morgan fingerprint density at radius 3 is 2.66 bits per heavy atom. The van der Waals surface area contributed by atoms with Crippen molar-refractivity contribution in [3.8, 4) is 10.6 Å². The third-order valence-electron chi connectivity index (χ3n) is 5.60. The standard InChI is InChI=1S/C24H36N6OS/c1-17(31)30(13-7-11-25-6)16-19-8-9-21(32-19)20-10-12-26-22(28-20)27-18-14-23(2,3)29-24(4,5)15-18/h8-12,18,29H,7,13-16H2,1-6H3,(H,26,27,28). The van der Waals surface area contributed by atoms with E-state index in [1.165, 1.54) is 0 Å². The summed E-state index contributed by atoms with van der Waals surface area (Å²) >= 11 is 1.67. The molecule has 1 fully saturated rings. The van der Waals surface area contributed by atoms with Gasteiger partial charge in [-0.15, -0.1) is 11.3 Å². The quantitative estimate of drug-likeness (QED) is 0.577. The summed E-state index contributed by atoms with van der Waals surface area (Å²) in [5.41, 5.74) is 1.02. The van der Waals surface area contributed by atoms with Crippen molar-refractivity contribution in [1.82, 2.24) is 20.2 Å². The zero-order valence-electron chi connectivity index (χ0n) is 20.1. The first-order valence-electron chi connectivity index (χ1n) is 11.2. The number of anilines is 1. The first-order valence-corrected chi connectivity index (χ1v) is 12.0. The van der Waals surface area contributed by atoms with Crippen LogP contribution >= 0.6 is 11.3 Å². The third-order valence-corrected chi connectivity index (χ3v) is 6.69. The van der Waals surface area contributed by atoms with Crippen molar-refractivity contribution in [2.45, 2.75) is 77.5 Å². The lowest BCUT2D eigenvalue weighted by Crippen LogP contribution is -2.60. The first kappa shape index (κ1) is 24.3. The molecule has 1 aliphatic rings. The molecule has 0 saturated carbocycles. The Kier molecular flexibility index (Phi) is 7.67. The monoisotopic (exact) mass is 456 g/mol. The number of nitrogens with zero attached hydrogens (tertiary/aromatic N) is 4. The van der Waals surface area contributed by atoms with E-state index in [1.54, 1.807) is 25.3 Å². The average Bonchev–Trinajstić information content (AvgIpc) is 3.13. The van der Waals surface area contributed by atoms with E-state index in [9.17, 15) is 4.79 Å². The van der Waals surface area contributed by atoms with Crippen LogP contribution in [0.15, 0.2) is 29.4 Å². The van der Waals surface area contributed by atoms with E-state index in [4.69, 9.17) is 4.98 Å². The van der Waals surface area contributed by atoms with Crippen molar-refractivity contribution in [2.24, 2.45) is 4.99 Å². The first-order chi connectivity index (χ1) is 15.1. The molecule has 0 unspecified atom stereocenters. The van der Waals surface area contributed by atoms with E-state index in [0.29, 0.717) is 25.1 Å². The SMILES string of the molecule is CN=CCCN(Cc1ccc(-c2ccnc(NC3CC(C)(C)NC(C)(C)C3)n2)s1)C(C)=O. The van der Waals surface area contributed by atoms with Crippen LogP contribution in [0.3, 0.4) is 0 Å². The Bertz CT molecular complexity index is 935. The maximum atomic E-state index is 12.0. The summed E-state index contributed by atoms with van der Waals surface area (Å²) in [4.78, 5) is 29.3. The van der Waals surface area contributed by atoms with Gasteiger partial charge >= 0.3 is 0 Å². The summed E-state index contributed by atoms with van der Waals surface area (Å²) in [5.74, 6) is 0.742. The molecule has 1 saturated heterocycles. The van der Waals surface area contributed by atoms with Crippen LogP contribution in [0.4, 0.5) is 5.95 Å². The van der Waals surface area contributed by atoms with Gasteiger partial charge in [-0.1, -0.05) is 0 Å². The lowest BCUT2D eigenvalue weighted by Gasteiger charge is -2.46. The average molecular weight is 457 g/mol. The van der Waals surface area contributed by atoms with Crippen molar-refractivity contribution in [2.75, 3.05) is 18.9 Å². The summed E-state index contributed by atoms with van der Waals surface area (Å²) in [7, 11) is 1.75. The maximum Gasteiger partial charge on any atom is 0.223 e. The number of hydrogen-bond acceptors (Lipinski definition) is 7. The number of aliphatic imine (C=N–C) groups is 1. The molecule has 0 atom stereocenters. The topological polar surface area (TPSA) is 82.5 Å². The van der Waals surface area contributed by atoms with Gasteiger partial charge in [0.1, 0.15) is 0 Å². The van der Waals surface area contributed by atoms with Crippen LogP contribution in [0.2, 0.25) is 0 Å². The van der Waals surface area contributed by atoms with Crippen molar-refractivity contribution in [3.05, 3.63) is 29.3 Å². The highest BCUT2D eigenvalue weighted by Crippen LogP contribution is 2.31. The molecule has 0 radical (unpaired) electrons. The molecule has 2 aromatic heterocycles.